The fourth-order valence-corrected chi connectivity index (χ4v) is 12.6. The molecule has 1 spiro atoms. The summed E-state index contributed by atoms with van der Waals surface area (Å²) in [6.45, 7) is 12.2. The molecule has 318 valence electrons. The van der Waals surface area contributed by atoms with Crippen molar-refractivity contribution >= 4 is 39.2 Å². The number of nitrogens with zero attached hydrogens (tertiary/aromatic N) is 4. The van der Waals surface area contributed by atoms with Gasteiger partial charge in [-0.05, 0) is 111 Å². The number of halogens is 1. The summed E-state index contributed by atoms with van der Waals surface area (Å²) in [6.07, 6.45) is 7.10. The summed E-state index contributed by atoms with van der Waals surface area (Å²) in [7, 11) is -2.55. The van der Waals surface area contributed by atoms with E-state index >= 15 is 0 Å². The summed E-state index contributed by atoms with van der Waals surface area (Å²) >= 11 is 6.51. The fourth-order valence-electron chi connectivity index (χ4n) is 11.1. The Hall–Kier alpha value is -2.94. The highest BCUT2D eigenvalue weighted by Gasteiger charge is 2.50. The van der Waals surface area contributed by atoms with Crippen LogP contribution in [0.3, 0.4) is 0 Å². The van der Waals surface area contributed by atoms with Gasteiger partial charge in [-0.2, -0.15) is 0 Å². The molecule has 8 rings (SSSR count). The Labute approximate surface area is 349 Å². The van der Waals surface area contributed by atoms with Gasteiger partial charge in [0.05, 0.1) is 36.7 Å². The number of esters is 1. The van der Waals surface area contributed by atoms with E-state index in [4.69, 9.17) is 21.1 Å². The van der Waals surface area contributed by atoms with Gasteiger partial charge in [0.2, 0.25) is 10.0 Å². The van der Waals surface area contributed by atoms with Crippen LogP contribution in [0.25, 0.3) is 0 Å². The lowest BCUT2D eigenvalue weighted by Crippen LogP contribution is -2.64. The number of amides is 1. The molecule has 0 radical (unpaired) electrons. The van der Waals surface area contributed by atoms with Crippen LogP contribution in [0.2, 0.25) is 5.02 Å². The van der Waals surface area contributed by atoms with E-state index in [0.29, 0.717) is 70.3 Å². The van der Waals surface area contributed by atoms with Crippen LogP contribution in [-0.4, -0.2) is 136 Å². The predicted octanol–water partition coefficient (Wildman–Crippen LogP) is 4.70. The summed E-state index contributed by atoms with van der Waals surface area (Å²) < 4.78 is 41.3. The molecule has 2 N–H and O–H groups in total. The molecule has 2 saturated heterocycles. The number of anilines is 1. The van der Waals surface area contributed by atoms with Gasteiger partial charge in [-0.1, -0.05) is 31.0 Å². The molecular formula is C44H62ClN5O7S. The number of sulfonamides is 1. The van der Waals surface area contributed by atoms with E-state index in [2.05, 4.69) is 36.5 Å². The molecule has 3 fully saturated rings. The topological polar surface area (TPSA) is 132 Å². The molecule has 58 heavy (non-hydrogen) atoms. The third-order valence-electron chi connectivity index (χ3n) is 14.9. The van der Waals surface area contributed by atoms with Crippen molar-refractivity contribution in [2.45, 2.75) is 93.9 Å². The Kier molecular flexibility index (Phi) is 12.1. The summed E-state index contributed by atoms with van der Waals surface area (Å²) in [4.78, 5) is 35.4. The first-order valence-electron chi connectivity index (χ1n) is 21.6. The van der Waals surface area contributed by atoms with Crippen molar-refractivity contribution in [3.05, 3.63) is 58.1 Å². The third-order valence-corrected chi connectivity index (χ3v) is 17.0. The van der Waals surface area contributed by atoms with E-state index in [9.17, 15) is 23.1 Å². The summed E-state index contributed by atoms with van der Waals surface area (Å²) in [6, 6.07) is 11.8. The minimum absolute atomic E-state index is 0.0605. The Morgan fingerprint density at radius 2 is 1.79 bits per heavy atom. The second-order valence-corrected chi connectivity index (χ2v) is 20.9. The van der Waals surface area contributed by atoms with Crippen molar-refractivity contribution in [2.75, 3.05) is 84.1 Å². The van der Waals surface area contributed by atoms with Crippen molar-refractivity contribution < 1.29 is 32.6 Å². The molecule has 12 nitrogen and oxygen atoms in total. The first-order valence-corrected chi connectivity index (χ1v) is 23.5. The lowest BCUT2D eigenvalue weighted by molar-refractivity contribution is -0.141. The number of carbonyl (C=O) groups is 2. The average molecular weight is 841 g/mol. The monoisotopic (exact) mass is 839 g/mol. The molecule has 2 aromatic rings. The molecule has 4 aliphatic heterocycles. The second-order valence-electron chi connectivity index (χ2n) is 18.4. The third kappa shape index (κ3) is 8.50. The highest BCUT2D eigenvalue weighted by Crippen LogP contribution is 2.49. The molecule has 14 heteroatoms. The maximum absolute atomic E-state index is 13.7. The molecule has 4 heterocycles. The Morgan fingerprint density at radius 1 is 1.00 bits per heavy atom. The van der Waals surface area contributed by atoms with Crippen molar-refractivity contribution in [1.82, 2.24) is 19.4 Å². The van der Waals surface area contributed by atoms with Crippen LogP contribution in [-0.2, 0) is 31.4 Å². The minimum atomic E-state index is -3.98. The normalized spacial score (nSPS) is 33.4. The largest absolute Gasteiger partial charge is 0.490 e. The first-order chi connectivity index (χ1) is 27.8. The van der Waals surface area contributed by atoms with Crippen LogP contribution in [0, 0.1) is 17.8 Å². The fraction of sp³-hybridized carbons (Fsp3) is 0.682. The van der Waals surface area contributed by atoms with E-state index in [0.717, 1.165) is 82.1 Å². The predicted molar refractivity (Wildman–Crippen MR) is 225 cm³/mol. The Bertz CT molecular complexity index is 1970. The number of hydrogen-bond acceptors (Lipinski definition) is 11. The maximum Gasteiger partial charge on any atom is 0.306 e. The van der Waals surface area contributed by atoms with Crippen molar-refractivity contribution in [3.8, 4) is 5.75 Å². The number of ether oxygens (including phenoxy) is 2. The number of β-amino-alcohol motifs (C(OH)–C–C–N with tert-alkyl or cyclic N) is 1. The Morgan fingerprint density at radius 3 is 2.57 bits per heavy atom. The van der Waals surface area contributed by atoms with Gasteiger partial charge in [-0.15, -0.1) is 0 Å². The van der Waals surface area contributed by atoms with Crippen molar-refractivity contribution in [3.63, 3.8) is 0 Å². The van der Waals surface area contributed by atoms with E-state index in [-0.39, 0.29) is 34.7 Å². The smallest absolute Gasteiger partial charge is 0.306 e. The standard InChI is InChI=1S/C44H62ClN5O7S/c1-30-6-4-16-44(53,28-48-19-21-49-20-18-47(25-36(49)26-48)17-14-41(51)56-3)38-11-8-34(38)24-50-27-43(15-5-7-32-22-35(45)10-12-37(32)43)29-57-40-13-9-33(23-39(40)50)42(52)46-58(54,55)31(30)2/h9-10,12-13,22-23,30-31,34,36,38,53H,4-8,11,14-21,24-29H2,1-3H3,(H,46,52)/t30?,31-,34+,36?,38-,43+,44?/m1/s1. The minimum Gasteiger partial charge on any atom is -0.490 e. The van der Waals surface area contributed by atoms with Crippen molar-refractivity contribution in [1.29, 1.82) is 0 Å². The number of benzene rings is 2. The number of methoxy groups -OCH3 is 1. The summed E-state index contributed by atoms with van der Waals surface area (Å²) in [5.74, 6) is -0.0831. The number of carbonyl (C=O) groups excluding carboxylic acids is 2. The van der Waals surface area contributed by atoms with E-state index in [1.807, 2.05) is 25.1 Å². The van der Waals surface area contributed by atoms with E-state index < -0.39 is 26.8 Å². The number of aryl methyl sites for hydroxylation is 1. The molecule has 1 saturated carbocycles. The number of hydrogen-bond donors (Lipinski definition) is 2. The zero-order chi connectivity index (χ0) is 40.8. The number of aliphatic hydroxyl groups is 1. The molecular weight excluding hydrogens is 778 g/mol. The van der Waals surface area contributed by atoms with Gasteiger partial charge in [0, 0.05) is 87.5 Å². The van der Waals surface area contributed by atoms with Gasteiger partial charge in [-0.3, -0.25) is 24.3 Å². The SMILES string of the molecule is COC(=O)CCN1CCN2CCN(CC3(O)CCCC(C)[C@@H](C)S(=O)(=O)NC(=O)c4ccc5c(c4)N(C[C@@H]4CC[C@H]43)C[C@@]3(CCCc4cc(Cl)ccc43)CO5)CC2C1. The lowest BCUT2D eigenvalue weighted by atomic mass is 9.62. The quantitative estimate of drug-likeness (QED) is 0.407. The highest BCUT2D eigenvalue weighted by atomic mass is 35.5. The van der Waals surface area contributed by atoms with Crippen LogP contribution in [0.4, 0.5) is 5.69 Å². The van der Waals surface area contributed by atoms with Gasteiger partial charge in [-0.25, -0.2) is 13.1 Å². The van der Waals surface area contributed by atoms with Crippen LogP contribution in [0.1, 0.15) is 86.7 Å². The van der Waals surface area contributed by atoms with Crippen LogP contribution in [0.5, 0.6) is 5.75 Å². The molecule has 1 amide bonds. The summed E-state index contributed by atoms with van der Waals surface area (Å²) in [5, 5.41) is 13.0. The molecule has 0 aromatic heterocycles. The first kappa shape index (κ1) is 41.8. The molecule has 2 aliphatic carbocycles. The summed E-state index contributed by atoms with van der Waals surface area (Å²) in [5.41, 5.74) is 2.29. The second kappa shape index (κ2) is 16.8. The molecule has 6 aliphatic rings. The maximum atomic E-state index is 13.7. The van der Waals surface area contributed by atoms with E-state index in [1.54, 1.807) is 13.0 Å². The average Bonchev–Trinajstić information content (AvgIpc) is 3.33. The number of nitrogens with one attached hydrogen (secondary N) is 1. The number of rotatable bonds is 5. The lowest BCUT2D eigenvalue weighted by Gasteiger charge is -2.53. The van der Waals surface area contributed by atoms with Gasteiger partial charge < -0.3 is 19.5 Å². The number of piperazine rings is 2. The van der Waals surface area contributed by atoms with Gasteiger partial charge >= 0.3 is 5.97 Å². The molecule has 3 unspecified atom stereocenters. The van der Waals surface area contributed by atoms with Gasteiger partial charge in [0.15, 0.2) is 0 Å². The van der Waals surface area contributed by atoms with Crippen molar-refractivity contribution in [2.24, 2.45) is 17.8 Å². The highest BCUT2D eigenvalue weighted by molar-refractivity contribution is 7.90. The Balaban J connectivity index is 1.10. The van der Waals surface area contributed by atoms with Crippen LogP contribution in [0.15, 0.2) is 36.4 Å². The van der Waals surface area contributed by atoms with E-state index in [1.165, 1.54) is 18.2 Å². The zero-order valence-corrected chi connectivity index (χ0v) is 36.0. The molecule has 2 aromatic carbocycles. The zero-order valence-electron chi connectivity index (χ0n) is 34.5. The van der Waals surface area contributed by atoms with Crippen LogP contribution < -0.4 is 14.4 Å². The van der Waals surface area contributed by atoms with Gasteiger partial charge in [0.1, 0.15) is 5.75 Å². The van der Waals surface area contributed by atoms with Crippen LogP contribution >= 0.6 is 11.6 Å². The van der Waals surface area contributed by atoms with Gasteiger partial charge in [0.25, 0.3) is 5.91 Å². The number of fused-ring (bicyclic) bond motifs is 5. The molecule has 7 atom stereocenters. The molecule has 2 bridgehead atoms.